The Morgan fingerprint density at radius 3 is 2.65 bits per heavy atom. The Morgan fingerprint density at radius 2 is 1.87 bits per heavy atom. The average Bonchev–Trinajstić information content (AvgIpc) is 2.51. The molecule has 3 rings (SSSR count). The number of amides is 1. The molecule has 126 valence electrons. The monoisotopic (exact) mass is 316 g/mol. The molecule has 0 aliphatic carbocycles. The minimum atomic E-state index is 0.0486. The third kappa shape index (κ3) is 3.91. The lowest BCUT2D eigenvalue weighted by Gasteiger charge is -2.45. The average molecular weight is 316 g/mol. The van der Waals surface area contributed by atoms with Gasteiger partial charge in [0.05, 0.1) is 0 Å². The van der Waals surface area contributed by atoms with Gasteiger partial charge in [0.2, 0.25) is 5.91 Å². The number of benzene rings is 1. The minimum absolute atomic E-state index is 0.0486. The number of nitrogens with zero attached hydrogens (tertiary/aromatic N) is 4. The molecule has 2 saturated heterocycles. The SMILES string of the molecule is CN(C)Cc1cccc(CN2CCN3CCN(C)C(=O)C3C2)c1. The van der Waals surface area contributed by atoms with Crippen molar-refractivity contribution in [2.75, 3.05) is 53.9 Å². The van der Waals surface area contributed by atoms with Gasteiger partial charge in [0.1, 0.15) is 6.04 Å². The van der Waals surface area contributed by atoms with Crippen LogP contribution < -0.4 is 0 Å². The van der Waals surface area contributed by atoms with Crippen LogP contribution in [0.2, 0.25) is 0 Å². The number of hydrogen-bond acceptors (Lipinski definition) is 4. The van der Waals surface area contributed by atoms with Gasteiger partial charge in [-0.15, -0.1) is 0 Å². The summed E-state index contributed by atoms with van der Waals surface area (Å²) < 4.78 is 0. The summed E-state index contributed by atoms with van der Waals surface area (Å²) in [6, 6.07) is 8.86. The van der Waals surface area contributed by atoms with Crippen LogP contribution in [0, 0.1) is 0 Å². The number of piperazine rings is 2. The van der Waals surface area contributed by atoms with E-state index in [2.05, 4.69) is 53.1 Å². The molecule has 0 aromatic heterocycles. The summed E-state index contributed by atoms with van der Waals surface area (Å²) in [6.45, 7) is 6.67. The lowest BCUT2D eigenvalue weighted by Crippen LogP contribution is -2.63. The highest BCUT2D eigenvalue weighted by atomic mass is 16.2. The van der Waals surface area contributed by atoms with Gasteiger partial charge < -0.3 is 9.80 Å². The predicted molar refractivity (Wildman–Crippen MR) is 92.1 cm³/mol. The van der Waals surface area contributed by atoms with Gasteiger partial charge in [0.15, 0.2) is 0 Å². The van der Waals surface area contributed by atoms with Crippen molar-refractivity contribution in [3.8, 4) is 0 Å². The van der Waals surface area contributed by atoms with E-state index in [0.29, 0.717) is 0 Å². The maximum atomic E-state index is 12.4. The van der Waals surface area contributed by atoms with Crippen LogP contribution in [0.5, 0.6) is 0 Å². The Bertz CT molecular complexity index is 560. The molecular formula is C18H28N4O. The molecule has 0 radical (unpaired) electrons. The predicted octanol–water partition coefficient (Wildman–Crippen LogP) is 0.706. The van der Waals surface area contributed by atoms with E-state index >= 15 is 0 Å². The topological polar surface area (TPSA) is 30.0 Å². The van der Waals surface area contributed by atoms with E-state index in [0.717, 1.165) is 45.8 Å². The quantitative estimate of drug-likeness (QED) is 0.818. The Labute approximate surface area is 139 Å². The van der Waals surface area contributed by atoms with E-state index in [-0.39, 0.29) is 11.9 Å². The van der Waals surface area contributed by atoms with Crippen molar-refractivity contribution in [3.05, 3.63) is 35.4 Å². The summed E-state index contributed by atoms with van der Waals surface area (Å²) in [4.78, 5) is 21.2. The molecule has 5 nitrogen and oxygen atoms in total. The molecule has 1 aromatic carbocycles. The summed E-state index contributed by atoms with van der Waals surface area (Å²) in [7, 11) is 6.11. The fourth-order valence-corrected chi connectivity index (χ4v) is 3.62. The van der Waals surface area contributed by atoms with Gasteiger partial charge in [-0.2, -0.15) is 0 Å². The Morgan fingerprint density at radius 1 is 1.13 bits per heavy atom. The third-order valence-corrected chi connectivity index (χ3v) is 4.86. The lowest BCUT2D eigenvalue weighted by atomic mass is 10.1. The highest BCUT2D eigenvalue weighted by Gasteiger charge is 2.36. The van der Waals surface area contributed by atoms with Gasteiger partial charge in [-0.25, -0.2) is 0 Å². The van der Waals surface area contributed by atoms with Gasteiger partial charge in [0.25, 0.3) is 0 Å². The molecule has 2 aliphatic rings. The molecule has 23 heavy (non-hydrogen) atoms. The molecule has 5 heteroatoms. The molecule has 0 bridgehead atoms. The van der Waals surface area contributed by atoms with Crippen LogP contribution in [0.15, 0.2) is 24.3 Å². The molecular weight excluding hydrogens is 288 g/mol. The van der Waals surface area contributed by atoms with Crippen molar-refractivity contribution in [3.63, 3.8) is 0 Å². The number of carbonyl (C=O) groups excluding carboxylic acids is 1. The van der Waals surface area contributed by atoms with E-state index in [1.165, 1.54) is 11.1 Å². The molecule has 2 heterocycles. The molecule has 2 fully saturated rings. The zero-order chi connectivity index (χ0) is 16.4. The summed E-state index contributed by atoms with van der Waals surface area (Å²) in [5, 5.41) is 0. The third-order valence-electron chi connectivity index (χ3n) is 4.86. The summed E-state index contributed by atoms with van der Waals surface area (Å²) in [6.07, 6.45) is 0. The molecule has 0 spiro atoms. The van der Waals surface area contributed by atoms with Gasteiger partial charge >= 0.3 is 0 Å². The summed E-state index contributed by atoms with van der Waals surface area (Å²) in [5.41, 5.74) is 2.69. The van der Waals surface area contributed by atoms with Crippen molar-refractivity contribution in [2.45, 2.75) is 19.1 Å². The molecule has 1 amide bonds. The van der Waals surface area contributed by atoms with Gasteiger partial charge in [-0.1, -0.05) is 24.3 Å². The number of carbonyl (C=O) groups is 1. The zero-order valence-corrected chi connectivity index (χ0v) is 14.5. The minimum Gasteiger partial charge on any atom is -0.343 e. The Kier molecular flexibility index (Phi) is 4.99. The van der Waals surface area contributed by atoms with Crippen LogP contribution in [-0.4, -0.2) is 85.4 Å². The number of likely N-dealkylation sites (N-methyl/N-ethyl adjacent to an activating group) is 1. The van der Waals surface area contributed by atoms with Crippen LogP contribution in [0.25, 0.3) is 0 Å². The maximum absolute atomic E-state index is 12.4. The smallest absolute Gasteiger partial charge is 0.241 e. The molecule has 1 aromatic rings. The molecule has 1 atom stereocenters. The van der Waals surface area contributed by atoms with E-state index in [4.69, 9.17) is 0 Å². The molecule has 2 aliphatic heterocycles. The van der Waals surface area contributed by atoms with Crippen molar-refractivity contribution >= 4 is 5.91 Å². The Hall–Kier alpha value is -1.43. The van der Waals surface area contributed by atoms with E-state index in [1.54, 1.807) is 0 Å². The van der Waals surface area contributed by atoms with Crippen molar-refractivity contribution < 1.29 is 4.79 Å². The van der Waals surface area contributed by atoms with Crippen LogP contribution in [0.1, 0.15) is 11.1 Å². The zero-order valence-electron chi connectivity index (χ0n) is 14.5. The second-order valence-corrected chi connectivity index (χ2v) is 7.10. The van der Waals surface area contributed by atoms with E-state index in [9.17, 15) is 4.79 Å². The first-order valence-electron chi connectivity index (χ1n) is 8.47. The van der Waals surface area contributed by atoms with Crippen molar-refractivity contribution in [1.82, 2.24) is 19.6 Å². The molecule has 1 unspecified atom stereocenters. The van der Waals surface area contributed by atoms with Gasteiger partial charge in [-0.3, -0.25) is 14.6 Å². The van der Waals surface area contributed by atoms with E-state index in [1.807, 2.05) is 11.9 Å². The van der Waals surface area contributed by atoms with Gasteiger partial charge in [-0.05, 0) is 25.2 Å². The first kappa shape index (κ1) is 16.4. The number of fused-ring (bicyclic) bond motifs is 1. The second kappa shape index (κ2) is 6.99. The first-order chi connectivity index (χ1) is 11.0. The van der Waals surface area contributed by atoms with Crippen LogP contribution in [0.4, 0.5) is 0 Å². The largest absolute Gasteiger partial charge is 0.343 e. The molecule has 0 N–H and O–H groups in total. The van der Waals surface area contributed by atoms with Crippen molar-refractivity contribution in [2.24, 2.45) is 0 Å². The standard InChI is InChI=1S/C18H28N4O/c1-19(2)12-15-5-4-6-16(11-15)13-21-8-10-22-9-7-20(3)18(23)17(22)14-21/h4-6,11,17H,7-10,12-14H2,1-3H3. The van der Waals surface area contributed by atoms with E-state index < -0.39 is 0 Å². The number of hydrogen-bond donors (Lipinski definition) is 0. The fourth-order valence-electron chi connectivity index (χ4n) is 3.62. The van der Waals surface area contributed by atoms with Crippen LogP contribution in [-0.2, 0) is 17.9 Å². The van der Waals surface area contributed by atoms with Crippen LogP contribution >= 0.6 is 0 Å². The first-order valence-corrected chi connectivity index (χ1v) is 8.47. The summed E-state index contributed by atoms with van der Waals surface area (Å²) in [5.74, 6) is 0.280. The highest BCUT2D eigenvalue weighted by Crippen LogP contribution is 2.18. The highest BCUT2D eigenvalue weighted by molar-refractivity contribution is 5.82. The Balaban J connectivity index is 1.63. The van der Waals surface area contributed by atoms with Gasteiger partial charge in [0, 0.05) is 52.9 Å². The summed E-state index contributed by atoms with van der Waals surface area (Å²) >= 11 is 0. The second-order valence-electron chi connectivity index (χ2n) is 7.10. The lowest BCUT2D eigenvalue weighted by molar-refractivity contribution is -0.143. The molecule has 0 saturated carbocycles. The van der Waals surface area contributed by atoms with Crippen molar-refractivity contribution in [1.29, 1.82) is 0 Å². The fraction of sp³-hybridized carbons (Fsp3) is 0.611. The maximum Gasteiger partial charge on any atom is 0.241 e. The number of rotatable bonds is 4. The normalized spacial score (nSPS) is 23.4. The van der Waals surface area contributed by atoms with Crippen LogP contribution in [0.3, 0.4) is 0 Å².